The lowest BCUT2D eigenvalue weighted by Crippen LogP contribution is -2.36. The van der Waals surface area contributed by atoms with Crippen LogP contribution < -0.4 is 19.6 Å². The highest BCUT2D eigenvalue weighted by molar-refractivity contribution is 7.92. The first-order chi connectivity index (χ1) is 12.3. The van der Waals surface area contributed by atoms with E-state index in [1.54, 1.807) is 32.3 Å². The number of amides is 1. The van der Waals surface area contributed by atoms with E-state index in [2.05, 4.69) is 10.1 Å². The molecule has 2 N–H and O–H groups in total. The molecule has 2 aromatic rings. The molecule has 0 spiro atoms. The second-order valence-electron chi connectivity index (χ2n) is 5.82. The van der Waals surface area contributed by atoms with Crippen LogP contribution in [0.2, 0.25) is 0 Å². The van der Waals surface area contributed by atoms with Crippen LogP contribution in [0.25, 0.3) is 0 Å². The number of hydrazine groups is 1. The van der Waals surface area contributed by atoms with Crippen LogP contribution in [0.5, 0.6) is 11.5 Å². The highest BCUT2D eigenvalue weighted by atomic mass is 32.2. The molecule has 0 saturated carbocycles. The van der Waals surface area contributed by atoms with Gasteiger partial charge in [0.25, 0.3) is 15.9 Å². The standard InChI is InChI=1S/C17H19N3O5S/c1-20(2)18-17(21)12-3-5-13(6-4-12)19-26(22,23)14-7-8-15-16(11-14)25-10-9-24-15/h3-8,11,19H,9-10H2,1-2H3,(H,18,21). The summed E-state index contributed by atoms with van der Waals surface area (Å²) in [6.07, 6.45) is 0. The van der Waals surface area contributed by atoms with Crippen LogP contribution >= 0.6 is 0 Å². The third-order valence-electron chi connectivity index (χ3n) is 3.55. The van der Waals surface area contributed by atoms with Gasteiger partial charge in [-0.25, -0.2) is 13.4 Å². The summed E-state index contributed by atoms with van der Waals surface area (Å²) in [4.78, 5) is 12.0. The fourth-order valence-electron chi connectivity index (χ4n) is 2.36. The van der Waals surface area contributed by atoms with Crippen molar-refractivity contribution in [1.82, 2.24) is 10.4 Å². The molecule has 1 heterocycles. The van der Waals surface area contributed by atoms with Crippen molar-refractivity contribution in [1.29, 1.82) is 0 Å². The maximum Gasteiger partial charge on any atom is 0.265 e. The third kappa shape index (κ3) is 4.06. The van der Waals surface area contributed by atoms with Gasteiger partial charge in [-0.3, -0.25) is 14.9 Å². The molecule has 0 fully saturated rings. The Labute approximate surface area is 151 Å². The Balaban J connectivity index is 1.76. The first kappa shape index (κ1) is 18.0. The van der Waals surface area contributed by atoms with E-state index in [1.165, 1.54) is 29.3 Å². The molecule has 26 heavy (non-hydrogen) atoms. The molecule has 138 valence electrons. The highest BCUT2D eigenvalue weighted by Crippen LogP contribution is 2.32. The third-order valence-corrected chi connectivity index (χ3v) is 4.93. The lowest BCUT2D eigenvalue weighted by molar-refractivity contribution is 0.0857. The summed E-state index contributed by atoms with van der Waals surface area (Å²) in [6.45, 7) is 0.811. The molecule has 1 aliphatic heterocycles. The molecule has 0 aromatic heterocycles. The van der Waals surface area contributed by atoms with Gasteiger partial charge in [0.15, 0.2) is 11.5 Å². The van der Waals surface area contributed by atoms with E-state index in [4.69, 9.17) is 9.47 Å². The molecule has 0 atom stereocenters. The Morgan fingerprint density at radius 1 is 1.00 bits per heavy atom. The van der Waals surface area contributed by atoms with E-state index < -0.39 is 10.0 Å². The second kappa shape index (κ2) is 7.22. The van der Waals surface area contributed by atoms with E-state index >= 15 is 0 Å². The van der Waals surface area contributed by atoms with Crippen LogP contribution in [0.3, 0.4) is 0 Å². The number of hydrogen-bond acceptors (Lipinski definition) is 6. The van der Waals surface area contributed by atoms with Crippen LogP contribution in [0.15, 0.2) is 47.4 Å². The lowest BCUT2D eigenvalue weighted by atomic mass is 10.2. The average Bonchev–Trinajstić information content (AvgIpc) is 2.61. The smallest absolute Gasteiger partial charge is 0.265 e. The van der Waals surface area contributed by atoms with Gasteiger partial charge in [-0.1, -0.05) is 0 Å². The summed E-state index contributed by atoms with van der Waals surface area (Å²) in [7, 11) is -0.389. The van der Waals surface area contributed by atoms with Crippen molar-refractivity contribution in [2.24, 2.45) is 0 Å². The monoisotopic (exact) mass is 377 g/mol. The molecule has 3 rings (SSSR count). The van der Waals surface area contributed by atoms with Crippen LogP contribution in [-0.4, -0.2) is 46.6 Å². The molecular weight excluding hydrogens is 358 g/mol. The Morgan fingerprint density at radius 2 is 1.65 bits per heavy atom. The predicted octanol–water partition coefficient (Wildman–Crippen LogP) is 1.46. The number of nitrogens with one attached hydrogen (secondary N) is 2. The van der Waals surface area contributed by atoms with Gasteiger partial charge >= 0.3 is 0 Å². The van der Waals surface area contributed by atoms with Crippen LogP contribution in [0.4, 0.5) is 5.69 Å². The van der Waals surface area contributed by atoms with Gasteiger partial charge in [0.05, 0.1) is 4.90 Å². The maximum atomic E-state index is 12.6. The van der Waals surface area contributed by atoms with Crippen molar-refractivity contribution in [3.8, 4) is 11.5 Å². The quantitative estimate of drug-likeness (QED) is 0.766. The SMILES string of the molecule is CN(C)NC(=O)c1ccc(NS(=O)(=O)c2ccc3c(c2)OCCO3)cc1. The number of anilines is 1. The van der Waals surface area contributed by atoms with Crippen molar-refractivity contribution in [3.63, 3.8) is 0 Å². The minimum absolute atomic E-state index is 0.0659. The van der Waals surface area contributed by atoms with Gasteiger partial charge in [0.1, 0.15) is 13.2 Å². The molecule has 0 aliphatic carbocycles. The molecular formula is C17H19N3O5S. The summed E-state index contributed by atoms with van der Waals surface area (Å²) in [5, 5.41) is 1.53. The molecule has 0 radical (unpaired) electrons. The average molecular weight is 377 g/mol. The summed E-state index contributed by atoms with van der Waals surface area (Å²) >= 11 is 0. The molecule has 1 amide bonds. The lowest BCUT2D eigenvalue weighted by Gasteiger charge is -2.19. The number of carbonyl (C=O) groups is 1. The number of ether oxygens (including phenoxy) is 2. The fourth-order valence-corrected chi connectivity index (χ4v) is 3.44. The summed E-state index contributed by atoms with van der Waals surface area (Å²) < 4.78 is 38.4. The molecule has 1 aliphatic rings. The van der Waals surface area contributed by atoms with Gasteiger partial charge < -0.3 is 9.47 Å². The van der Waals surface area contributed by atoms with E-state index in [9.17, 15) is 13.2 Å². The van der Waals surface area contributed by atoms with E-state index in [0.29, 0.717) is 36.0 Å². The number of hydrogen-bond donors (Lipinski definition) is 2. The fraction of sp³-hybridized carbons (Fsp3) is 0.235. The number of fused-ring (bicyclic) bond motifs is 1. The molecule has 0 saturated heterocycles. The van der Waals surface area contributed by atoms with Crippen molar-refractivity contribution in [2.75, 3.05) is 32.0 Å². The zero-order valence-corrected chi connectivity index (χ0v) is 15.2. The number of sulfonamides is 1. The van der Waals surface area contributed by atoms with Crippen molar-refractivity contribution in [3.05, 3.63) is 48.0 Å². The molecule has 0 bridgehead atoms. The zero-order chi connectivity index (χ0) is 18.7. The van der Waals surface area contributed by atoms with Gasteiger partial charge in [0, 0.05) is 31.4 Å². The molecule has 2 aromatic carbocycles. The second-order valence-corrected chi connectivity index (χ2v) is 7.51. The Bertz CT molecular complexity index is 910. The minimum atomic E-state index is -3.79. The van der Waals surface area contributed by atoms with Crippen LogP contribution in [0.1, 0.15) is 10.4 Å². The summed E-state index contributed by atoms with van der Waals surface area (Å²) in [5.74, 6) is 0.637. The Kier molecular flexibility index (Phi) is 5.01. The van der Waals surface area contributed by atoms with Crippen LogP contribution in [0, 0.1) is 0 Å². The predicted molar refractivity (Wildman–Crippen MR) is 95.8 cm³/mol. The molecule has 8 nitrogen and oxygen atoms in total. The Hall–Kier alpha value is -2.78. The van der Waals surface area contributed by atoms with Gasteiger partial charge in [-0.15, -0.1) is 0 Å². The van der Waals surface area contributed by atoms with Crippen LogP contribution in [-0.2, 0) is 10.0 Å². The highest BCUT2D eigenvalue weighted by Gasteiger charge is 2.19. The molecule has 0 unspecified atom stereocenters. The van der Waals surface area contributed by atoms with Gasteiger partial charge in [0.2, 0.25) is 0 Å². The minimum Gasteiger partial charge on any atom is -0.486 e. The topological polar surface area (TPSA) is 97.0 Å². The van der Waals surface area contributed by atoms with Gasteiger partial charge in [-0.05, 0) is 36.4 Å². The maximum absolute atomic E-state index is 12.6. The largest absolute Gasteiger partial charge is 0.486 e. The van der Waals surface area contributed by atoms with Crippen molar-refractivity contribution < 1.29 is 22.7 Å². The summed E-state index contributed by atoms with van der Waals surface area (Å²) in [5.41, 5.74) is 3.38. The summed E-state index contributed by atoms with van der Waals surface area (Å²) in [6, 6.07) is 10.6. The number of carbonyl (C=O) groups excluding carboxylic acids is 1. The van der Waals surface area contributed by atoms with Crippen molar-refractivity contribution in [2.45, 2.75) is 4.90 Å². The number of benzene rings is 2. The first-order valence-electron chi connectivity index (χ1n) is 7.86. The number of rotatable bonds is 5. The number of nitrogens with zero attached hydrogens (tertiary/aromatic N) is 1. The first-order valence-corrected chi connectivity index (χ1v) is 9.34. The van der Waals surface area contributed by atoms with E-state index in [0.717, 1.165) is 0 Å². The molecule has 9 heteroatoms. The Morgan fingerprint density at radius 3 is 2.31 bits per heavy atom. The van der Waals surface area contributed by atoms with E-state index in [1.807, 2.05) is 0 Å². The van der Waals surface area contributed by atoms with E-state index in [-0.39, 0.29) is 10.8 Å². The normalized spacial score (nSPS) is 13.3. The van der Waals surface area contributed by atoms with Crippen molar-refractivity contribution >= 4 is 21.6 Å². The zero-order valence-electron chi connectivity index (χ0n) is 14.4. The van der Waals surface area contributed by atoms with Gasteiger partial charge in [-0.2, -0.15) is 0 Å².